The van der Waals surface area contributed by atoms with Gasteiger partial charge in [-0.2, -0.15) is 5.10 Å². The molecule has 30 heavy (non-hydrogen) atoms. The average Bonchev–Trinajstić information content (AvgIpc) is 3.20. The van der Waals surface area contributed by atoms with E-state index in [1.165, 1.54) is 4.90 Å². The molecule has 0 spiro atoms. The molecule has 6 nitrogen and oxygen atoms in total. The Balaban J connectivity index is 1.63. The van der Waals surface area contributed by atoms with Crippen LogP contribution in [0.2, 0.25) is 0 Å². The first-order valence-corrected chi connectivity index (χ1v) is 11.0. The first-order chi connectivity index (χ1) is 14.8. The quantitative estimate of drug-likeness (QED) is 0.642. The van der Waals surface area contributed by atoms with Gasteiger partial charge in [-0.3, -0.25) is 4.79 Å². The number of rotatable bonds is 4. The standard InChI is InChI=1S/C23H23N3O3S/c1-28-14-16-6-8-17(9-7-16)26-22-18-4-2-3-5-20(18)30-15-19(22)21(24-26)23(27)25-10-12-29-13-11-25/h2-9H,10-15H2,1H3. The molecule has 0 N–H and O–H groups in total. The number of nitrogens with zero attached hydrogens (tertiary/aromatic N) is 3. The topological polar surface area (TPSA) is 56.6 Å². The van der Waals surface area contributed by atoms with E-state index in [1.54, 1.807) is 18.9 Å². The van der Waals surface area contributed by atoms with Crippen LogP contribution in [-0.4, -0.2) is 54.0 Å². The predicted octanol–water partition coefficient (Wildman–Crippen LogP) is 3.76. The lowest BCUT2D eigenvalue weighted by molar-refractivity contribution is 0.0298. The van der Waals surface area contributed by atoms with Gasteiger partial charge in [0, 0.05) is 42.0 Å². The third kappa shape index (κ3) is 3.43. The van der Waals surface area contributed by atoms with Gasteiger partial charge >= 0.3 is 0 Å². The van der Waals surface area contributed by atoms with E-state index in [0.717, 1.165) is 33.8 Å². The number of carbonyl (C=O) groups is 1. The molecule has 0 saturated carbocycles. The van der Waals surface area contributed by atoms with Crippen LogP contribution < -0.4 is 0 Å². The highest BCUT2D eigenvalue weighted by atomic mass is 32.2. The van der Waals surface area contributed by atoms with Crippen LogP contribution in [0, 0.1) is 0 Å². The van der Waals surface area contributed by atoms with Crippen LogP contribution in [0.3, 0.4) is 0 Å². The van der Waals surface area contributed by atoms with E-state index in [4.69, 9.17) is 14.6 Å². The largest absolute Gasteiger partial charge is 0.380 e. The lowest BCUT2D eigenvalue weighted by Crippen LogP contribution is -2.41. The Hall–Kier alpha value is -2.61. The summed E-state index contributed by atoms with van der Waals surface area (Å²) in [4.78, 5) is 16.4. The molecule has 1 fully saturated rings. The normalized spacial score (nSPS) is 15.6. The number of aromatic nitrogens is 2. The molecule has 0 radical (unpaired) electrons. The zero-order valence-electron chi connectivity index (χ0n) is 16.8. The van der Waals surface area contributed by atoms with E-state index >= 15 is 0 Å². The molecule has 3 aromatic rings. The maximum absolute atomic E-state index is 13.3. The predicted molar refractivity (Wildman–Crippen MR) is 116 cm³/mol. The van der Waals surface area contributed by atoms with E-state index in [0.29, 0.717) is 38.6 Å². The first-order valence-electron chi connectivity index (χ1n) is 10.1. The highest BCUT2D eigenvalue weighted by Gasteiger charge is 2.31. The number of benzene rings is 2. The Labute approximate surface area is 179 Å². The molecule has 154 valence electrons. The van der Waals surface area contributed by atoms with Gasteiger partial charge in [0.2, 0.25) is 0 Å². The summed E-state index contributed by atoms with van der Waals surface area (Å²) in [6, 6.07) is 16.5. The monoisotopic (exact) mass is 421 g/mol. The molecular weight excluding hydrogens is 398 g/mol. The van der Waals surface area contributed by atoms with Crippen molar-refractivity contribution >= 4 is 17.7 Å². The van der Waals surface area contributed by atoms with Crippen molar-refractivity contribution in [3.8, 4) is 16.9 Å². The van der Waals surface area contributed by atoms with Crippen molar-refractivity contribution in [2.75, 3.05) is 33.4 Å². The maximum Gasteiger partial charge on any atom is 0.274 e. The van der Waals surface area contributed by atoms with Crippen molar-refractivity contribution in [2.45, 2.75) is 17.3 Å². The van der Waals surface area contributed by atoms with E-state index in [1.807, 2.05) is 39.9 Å². The zero-order chi connectivity index (χ0) is 20.5. The van der Waals surface area contributed by atoms with Gasteiger partial charge in [-0.05, 0) is 23.8 Å². The van der Waals surface area contributed by atoms with Crippen molar-refractivity contribution in [2.24, 2.45) is 0 Å². The van der Waals surface area contributed by atoms with Gasteiger partial charge in [0.1, 0.15) is 0 Å². The fraction of sp³-hybridized carbons (Fsp3) is 0.304. The van der Waals surface area contributed by atoms with Gasteiger partial charge < -0.3 is 14.4 Å². The van der Waals surface area contributed by atoms with Gasteiger partial charge in [0.05, 0.1) is 31.2 Å². The Morgan fingerprint density at radius 2 is 1.90 bits per heavy atom. The zero-order valence-corrected chi connectivity index (χ0v) is 17.7. The van der Waals surface area contributed by atoms with Crippen molar-refractivity contribution in [3.63, 3.8) is 0 Å². The van der Waals surface area contributed by atoms with Crippen LogP contribution >= 0.6 is 11.8 Å². The molecule has 2 aliphatic heterocycles. The van der Waals surface area contributed by atoms with E-state index in [2.05, 4.69) is 18.2 Å². The van der Waals surface area contributed by atoms with Crippen LogP contribution in [0.15, 0.2) is 53.4 Å². The molecule has 3 heterocycles. The van der Waals surface area contributed by atoms with Crippen molar-refractivity contribution in [1.29, 1.82) is 0 Å². The summed E-state index contributed by atoms with van der Waals surface area (Å²) in [5.74, 6) is 0.726. The number of hydrogen-bond donors (Lipinski definition) is 0. The molecular formula is C23H23N3O3S. The number of hydrogen-bond acceptors (Lipinski definition) is 5. The molecule has 0 atom stereocenters. The molecule has 1 saturated heterocycles. The summed E-state index contributed by atoms with van der Waals surface area (Å²) < 4.78 is 12.6. The Kier molecular flexibility index (Phi) is 5.33. The second-order valence-corrected chi connectivity index (χ2v) is 8.39. The lowest BCUT2D eigenvalue weighted by atomic mass is 10.0. The number of ether oxygens (including phenoxy) is 2. The van der Waals surface area contributed by atoms with Crippen molar-refractivity contribution in [1.82, 2.24) is 14.7 Å². The minimum absolute atomic E-state index is 0.00992. The van der Waals surface area contributed by atoms with E-state index < -0.39 is 0 Å². The first kappa shape index (κ1) is 19.4. The summed E-state index contributed by atoms with van der Waals surface area (Å²) >= 11 is 1.76. The average molecular weight is 422 g/mol. The Morgan fingerprint density at radius 1 is 1.13 bits per heavy atom. The number of amides is 1. The lowest BCUT2D eigenvalue weighted by Gasteiger charge is -2.26. The van der Waals surface area contributed by atoms with Gasteiger partial charge in [-0.1, -0.05) is 30.3 Å². The van der Waals surface area contributed by atoms with Crippen LogP contribution in [0.1, 0.15) is 21.6 Å². The number of fused-ring (bicyclic) bond motifs is 3. The van der Waals surface area contributed by atoms with Crippen LogP contribution in [0.4, 0.5) is 0 Å². The van der Waals surface area contributed by atoms with E-state index in [9.17, 15) is 4.79 Å². The molecule has 7 heteroatoms. The van der Waals surface area contributed by atoms with Gasteiger partial charge in [0.25, 0.3) is 5.91 Å². The highest BCUT2D eigenvalue weighted by Crippen LogP contribution is 2.43. The molecule has 1 aromatic heterocycles. The second-order valence-electron chi connectivity index (χ2n) is 7.38. The third-order valence-electron chi connectivity index (χ3n) is 5.49. The molecule has 5 rings (SSSR count). The molecule has 0 bridgehead atoms. The SMILES string of the molecule is COCc1ccc(-n2nc(C(=O)N3CCOCC3)c3c2-c2ccccc2SC3)cc1. The molecule has 1 amide bonds. The minimum Gasteiger partial charge on any atom is -0.380 e. The summed E-state index contributed by atoms with van der Waals surface area (Å²) in [6.07, 6.45) is 0. The van der Waals surface area contributed by atoms with Crippen LogP contribution in [0.25, 0.3) is 16.9 Å². The van der Waals surface area contributed by atoms with E-state index in [-0.39, 0.29) is 5.91 Å². The maximum atomic E-state index is 13.3. The Morgan fingerprint density at radius 3 is 2.67 bits per heavy atom. The van der Waals surface area contributed by atoms with Crippen molar-refractivity contribution in [3.05, 3.63) is 65.4 Å². The Bertz CT molecular complexity index is 1070. The van der Waals surface area contributed by atoms with Crippen LogP contribution in [-0.2, 0) is 21.8 Å². The van der Waals surface area contributed by atoms with Gasteiger partial charge in [0.15, 0.2) is 5.69 Å². The van der Waals surface area contributed by atoms with Gasteiger partial charge in [-0.15, -0.1) is 11.8 Å². The van der Waals surface area contributed by atoms with Gasteiger partial charge in [-0.25, -0.2) is 4.68 Å². The fourth-order valence-corrected chi connectivity index (χ4v) is 5.04. The molecule has 2 aromatic carbocycles. The number of morpholine rings is 1. The van der Waals surface area contributed by atoms with Crippen LogP contribution in [0.5, 0.6) is 0 Å². The third-order valence-corrected chi connectivity index (χ3v) is 6.59. The fourth-order valence-electron chi connectivity index (χ4n) is 3.98. The number of thioether (sulfide) groups is 1. The molecule has 2 aliphatic rings. The summed E-state index contributed by atoms with van der Waals surface area (Å²) in [7, 11) is 1.69. The summed E-state index contributed by atoms with van der Waals surface area (Å²) in [5.41, 5.74) is 5.74. The smallest absolute Gasteiger partial charge is 0.274 e. The highest BCUT2D eigenvalue weighted by molar-refractivity contribution is 7.98. The minimum atomic E-state index is -0.00992. The molecule has 0 aliphatic carbocycles. The number of carbonyl (C=O) groups excluding carboxylic acids is 1. The summed E-state index contributed by atoms with van der Waals surface area (Å²) in [5, 5.41) is 4.85. The van der Waals surface area contributed by atoms with Crippen molar-refractivity contribution < 1.29 is 14.3 Å². The second kappa shape index (κ2) is 8.26. The summed E-state index contributed by atoms with van der Waals surface area (Å²) in [6.45, 7) is 2.93. The molecule has 0 unspecified atom stereocenters. The number of methoxy groups -OCH3 is 1.